The van der Waals surface area contributed by atoms with E-state index >= 15 is 0 Å². The number of ether oxygens (including phenoxy) is 1. The zero-order valence-corrected chi connectivity index (χ0v) is 9.98. The molecule has 4 nitrogen and oxygen atoms in total. The number of hydrogen-bond donors (Lipinski definition) is 2. The third kappa shape index (κ3) is 3.59. The fourth-order valence-electron chi connectivity index (χ4n) is 1.56. The largest absolute Gasteiger partial charge is 0.496 e. The SMILES string of the molecule is COc1ccc(C(O)C(O)CC#N)cc1C(F)(F)F. The van der Waals surface area contributed by atoms with Crippen LogP contribution >= 0.6 is 0 Å². The highest BCUT2D eigenvalue weighted by Gasteiger charge is 2.35. The molecule has 2 atom stereocenters. The van der Waals surface area contributed by atoms with E-state index < -0.39 is 23.9 Å². The second-order valence-corrected chi connectivity index (χ2v) is 3.83. The molecule has 0 fully saturated rings. The Hall–Kier alpha value is -1.78. The summed E-state index contributed by atoms with van der Waals surface area (Å²) in [7, 11) is 1.10. The molecule has 7 heteroatoms. The quantitative estimate of drug-likeness (QED) is 0.881. The average molecular weight is 275 g/mol. The molecule has 0 amide bonds. The van der Waals surface area contributed by atoms with Gasteiger partial charge < -0.3 is 14.9 Å². The first-order valence-corrected chi connectivity index (χ1v) is 5.29. The van der Waals surface area contributed by atoms with Crippen molar-refractivity contribution in [2.24, 2.45) is 0 Å². The first-order valence-electron chi connectivity index (χ1n) is 5.29. The zero-order valence-electron chi connectivity index (χ0n) is 9.98. The predicted octanol–water partition coefficient (Wildman–Crippen LogP) is 2.02. The van der Waals surface area contributed by atoms with Gasteiger partial charge in [-0.1, -0.05) is 6.07 Å². The third-order valence-electron chi connectivity index (χ3n) is 2.54. The lowest BCUT2D eigenvalue weighted by Crippen LogP contribution is -2.18. The van der Waals surface area contributed by atoms with Crippen LogP contribution in [0.3, 0.4) is 0 Å². The van der Waals surface area contributed by atoms with Crippen LogP contribution in [0.5, 0.6) is 5.75 Å². The summed E-state index contributed by atoms with van der Waals surface area (Å²) in [5, 5.41) is 27.4. The molecular weight excluding hydrogens is 263 g/mol. The summed E-state index contributed by atoms with van der Waals surface area (Å²) in [6.45, 7) is 0. The van der Waals surface area contributed by atoms with Crippen molar-refractivity contribution >= 4 is 0 Å². The highest BCUT2D eigenvalue weighted by Crippen LogP contribution is 2.38. The van der Waals surface area contributed by atoms with Crippen LogP contribution in [0.15, 0.2) is 18.2 Å². The van der Waals surface area contributed by atoms with Crippen LogP contribution in [-0.4, -0.2) is 23.4 Å². The molecule has 0 heterocycles. The fourth-order valence-corrected chi connectivity index (χ4v) is 1.56. The molecule has 19 heavy (non-hydrogen) atoms. The summed E-state index contributed by atoms with van der Waals surface area (Å²) in [5.41, 5.74) is -1.17. The van der Waals surface area contributed by atoms with Crippen molar-refractivity contribution in [3.8, 4) is 11.8 Å². The molecule has 0 aliphatic rings. The number of aliphatic hydroxyl groups excluding tert-OH is 2. The minimum absolute atomic E-state index is 0.129. The van der Waals surface area contributed by atoms with E-state index in [1.54, 1.807) is 6.07 Å². The fraction of sp³-hybridized carbons (Fsp3) is 0.417. The summed E-state index contributed by atoms with van der Waals surface area (Å²) >= 11 is 0. The lowest BCUT2D eigenvalue weighted by Gasteiger charge is -2.18. The second-order valence-electron chi connectivity index (χ2n) is 3.83. The number of halogens is 3. The van der Waals surface area contributed by atoms with Crippen molar-refractivity contribution in [3.63, 3.8) is 0 Å². The molecule has 0 aromatic heterocycles. The number of nitrogens with zero attached hydrogens (tertiary/aromatic N) is 1. The maximum Gasteiger partial charge on any atom is 0.419 e. The Morgan fingerprint density at radius 3 is 2.47 bits per heavy atom. The smallest absolute Gasteiger partial charge is 0.419 e. The van der Waals surface area contributed by atoms with Crippen LogP contribution in [0.4, 0.5) is 13.2 Å². The van der Waals surface area contributed by atoms with Gasteiger partial charge in [-0.25, -0.2) is 0 Å². The average Bonchev–Trinajstić information content (AvgIpc) is 2.36. The van der Waals surface area contributed by atoms with Crippen molar-refractivity contribution in [1.29, 1.82) is 5.26 Å². The Kier molecular flexibility index (Phi) is 4.75. The minimum atomic E-state index is -4.64. The van der Waals surface area contributed by atoms with E-state index in [1.807, 2.05) is 0 Å². The van der Waals surface area contributed by atoms with Crippen LogP contribution in [0.1, 0.15) is 23.7 Å². The van der Waals surface area contributed by atoms with Gasteiger partial charge in [0.15, 0.2) is 0 Å². The summed E-state index contributed by atoms with van der Waals surface area (Å²) in [4.78, 5) is 0. The van der Waals surface area contributed by atoms with Gasteiger partial charge in [0, 0.05) is 0 Å². The molecule has 2 unspecified atom stereocenters. The van der Waals surface area contributed by atoms with E-state index in [0.717, 1.165) is 13.2 Å². The van der Waals surface area contributed by atoms with Gasteiger partial charge in [-0.05, 0) is 17.7 Å². The van der Waals surface area contributed by atoms with Crippen molar-refractivity contribution in [2.45, 2.75) is 24.8 Å². The highest BCUT2D eigenvalue weighted by molar-refractivity contribution is 5.40. The number of nitriles is 1. The predicted molar refractivity (Wildman–Crippen MR) is 59.2 cm³/mol. The first kappa shape index (κ1) is 15.3. The summed E-state index contributed by atoms with van der Waals surface area (Å²) in [6.07, 6.45) is -8.03. The molecule has 1 aromatic rings. The molecule has 2 N–H and O–H groups in total. The molecule has 0 saturated carbocycles. The van der Waals surface area contributed by atoms with E-state index in [1.165, 1.54) is 6.07 Å². The Morgan fingerprint density at radius 2 is 2.00 bits per heavy atom. The Bertz CT molecular complexity index is 482. The molecule has 1 rings (SSSR count). The van der Waals surface area contributed by atoms with Gasteiger partial charge in [0.25, 0.3) is 0 Å². The standard InChI is InChI=1S/C12H12F3NO3/c1-19-10-3-2-7(6-8(10)12(13,14)15)11(18)9(17)4-5-16/h2-3,6,9,11,17-18H,4H2,1H3. The van der Waals surface area contributed by atoms with E-state index in [2.05, 4.69) is 4.74 Å². The molecule has 0 saturated heterocycles. The van der Waals surface area contributed by atoms with Crippen molar-refractivity contribution in [2.75, 3.05) is 7.11 Å². The van der Waals surface area contributed by atoms with Gasteiger partial charge in [-0.3, -0.25) is 0 Å². The Morgan fingerprint density at radius 1 is 1.37 bits per heavy atom. The molecule has 0 radical (unpaired) electrons. The van der Waals surface area contributed by atoms with E-state index in [0.29, 0.717) is 6.07 Å². The van der Waals surface area contributed by atoms with Crippen LogP contribution in [0, 0.1) is 11.3 Å². The van der Waals surface area contributed by atoms with E-state index in [-0.39, 0.29) is 17.7 Å². The number of methoxy groups -OCH3 is 1. The lowest BCUT2D eigenvalue weighted by atomic mass is 9.99. The van der Waals surface area contributed by atoms with Gasteiger partial charge in [-0.15, -0.1) is 0 Å². The van der Waals surface area contributed by atoms with Gasteiger partial charge in [0.2, 0.25) is 0 Å². The zero-order chi connectivity index (χ0) is 14.6. The molecular formula is C12H12F3NO3. The molecule has 1 aromatic carbocycles. The first-order chi connectivity index (χ1) is 8.81. The van der Waals surface area contributed by atoms with Gasteiger partial charge in [-0.2, -0.15) is 18.4 Å². The normalized spacial score (nSPS) is 14.6. The third-order valence-corrected chi connectivity index (χ3v) is 2.54. The van der Waals surface area contributed by atoms with Crippen molar-refractivity contribution in [1.82, 2.24) is 0 Å². The second kappa shape index (κ2) is 5.91. The Labute approximate surface area is 107 Å². The Balaban J connectivity index is 3.15. The maximum atomic E-state index is 12.8. The molecule has 0 aliphatic heterocycles. The van der Waals surface area contributed by atoms with Crippen molar-refractivity contribution in [3.05, 3.63) is 29.3 Å². The number of alkyl halides is 3. The van der Waals surface area contributed by atoms with E-state index in [4.69, 9.17) is 5.26 Å². The monoisotopic (exact) mass is 275 g/mol. The number of benzene rings is 1. The summed E-state index contributed by atoms with van der Waals surface area (Å²) < 4.78 is 42.9. The van der Waals surface area contributed by atoms with Crippen molar-refractivity contribution < 1.29 is 28.1 Å². The van der Waals surface area contributed by atoms with E-state index in [9.17, 15) is 23.4 Å². The van der Waals surface area contributed by atoms with Gasteiger partial charge >= 0.3 is 6.18 Å². The lowest BCUT2D eigenvalue weighted by molar-refractivity contribution is -0.138. The number of aliphatic hydroxyl groups is 2. The minimum Gasteiger partial charge on any atom is -0.496 e. The number of rotatable bonds is 4. The van der Waals surface area contributed by atoms with Gasteiger partial charge in [0.05, 0.1) is 31.3 Å². The van der Waals surface area contributed by atoms with Crippen LogP contribution in [-0.2, 0) is 6.18 Å². The topological polar surface area (TPSA) is 73.5 Å². The molecule has 0 bridgehead atoms. The van der Waals surface area contributed by atoms with Gasteiger partial charge in [0.1, 0.15) is 11.9 Å². The number of hydrogen-bond acceptors (Lipinski definition) is 4. The molecule has 104 valence electrons. The van der Waals surface area contributed by atoms with Crippen LogP contribution in [0.2, 0.25) is 0 Å². The van der Waals surface area contributed by atoms with Crippen LogP contribution < -0.4 is 4.74 Å². The van der Waals surface area contributed by atoms with Crippen LogP contribution in [0.25, 0.3) is 0 Å². The molecule has 0 aliphatic carbocycles. The summed E-state index contributed by atoms with van der Waals surface area (Å²) in [5.74, 6) is -0.377. The summed E-state index contributed by atoms with van der Waals surface area (Å²) in [6, 6.07) is 4.59. The highest BCUT2D eigenvalue weighted by atomic mass is 19.4. The maximum absolute atomic E-state index is 12.8. The molecule has 0 spiro atoms.